The normalized spacial score (nSPS) is 24.7. The second-order valence-corrected chi connectivity index (χ2v) is 5.77. The van der Waals surface area contributed by atoms with Gasteiger partial charge in [0.1, 0.15) is 6.04 Å². The van der Waals surface area contributed by atoms with Crippen molar-refractivity contribution < 1.29 is 19.2 Å². The summed E-state index contributed by atoms with van der Waals surface area (Å²) in [5.41, 5.74) is 5.68. The number of rotatable bonds is 1. The summed E-state index contributed by atoms with van der Waals surface area (Å²) < 4.78 is 0. The van der Waals surface area contributed by atoms with E-state index in [-0.39, 0.29) is 16.8 Å². The first kappa shape index (κ1) is 16.4. The molecule has 0 unspecified atom stereocenters. The van der Waals surface area contributed by atoms with Gasteiger partial charge >= 0.3 is 0 Å². The van der Waals surface area contributed by atoms with Crippen molar-refractivity contribution in [1.29, 1.82) is 0 Å². The molecule has 2 aliphatic heterocycles. The number of benzene rings is 1. The summed E-state index contributed by atoms with van der Waals surface area (Å²) >= 11 is 0. The molecule has 0 saturated carbocycles. The van der Waals surface area contributed by atoms with Crippen molar-refractivity contribution in [3.8, 4) is 0 Å². The van der Waals surface area contributed by atoms with Crippen LogP contribution in [-0.2, 0) is 9.59 Å². The van der Waals surface area contributed by atoms with Gasteiger partial charge in [0.15, 0.2) is 0 Å². The zero-order valence-electron chi connectivity index (χ0n) is 12.3. The highest BCUT2D eigenvalue weighted by Crippen LogP contribution is 2.50. The largest absolute Gasteiger partial charge is 0.398 e. The van der Waals surface area contributed by atoms with Gasteiger partial charge in [0.2, 0.25) is 11.8 Å². The molecule has 4 amide bonds. The molecule has 0 bridgehead atoms. The standard InChI is InChI=1S/C13H7B4N3O4/c14-12(15)7(8(21)19-11(24)13(12,16)17)20-9(22)4-2-1-3-5(18)6(4)10(20)23/h1-3,7H,18H2,(H,19,21,24)/t7-/m1/s1. The number of anilines is 1. The summed E-state index contributed by atoms with van der Waals surface area (Å²) in [6.07, 6.45) is 0. The molecule has 3 N–H and O–H groups in total. The summed E-state index contributed by atoms with van der Waals surface area (Å²) in [7, 11) is 22.9. The van der Waals surface area contributed by atoms with E-state index >= 15 is 0 Å². The number of carbonyl (C=O) groups is 4. The average Bonchev–Trinajstić information content (AvgIpc) is 2.72. The second kappa shape index (κ2) is 4.78. The van der Waals surface area contributed by atoms with Crippen LogP contribution in [0, 0.1) is 0 Å². The third kappa shape index (κ3) is 1.84. The second-order valence-electron chi connectivity index (χ2n) is 5.77. The Morgan fingerprint density at radius 3 is 2.25 bits per heavy atom. The van der Waals surface area contributed by atoms with Gasteiger partial charge < -0.3 is 5.73 Å². The van der Waals surface area contributed by atoms with Crippen LogP contribution in [0.1, 0.15) is 20.7 Å². The molecule has 3 rings (SSSR count). The van der Waals surface area contributed by atoms with Crippen LogP contribution in [0.2, 0.25) is 10.4 Å². The first-order chi connectivity index (χ1) is 11.0. The SMILES string of the molecule is [B]C1([B])C(=O)NC(=O)[C@@H](N2C(=O)c3cccc(N)c3C2=O)C1([B])[B]. The quantitative estimate of drug-likeness (QED) is 0.347. The van der Waals surface area contributed by atoms with Crippen LogP contribution in [0.4, 0.5) is 5.69 Å². The Balaban J connectivity index is 2.14. The van der Waals surface area contributed by atoms with Crippen molar-refractivity contribution in [2.45, 2.75) is 16.5 Å². The zero-order valence-corrected chi connectivity index (χ0v) is 12.3. The van der Waals surface area contributed by atoms with Gasteiger partial charge in [0.25, 0.3) is 11.8 Å². The van der Waals surface area contributed by atoms with Crippen LogP contribution in [0.25, 0.3) is 0 Å². The van der Waals surface area contributed by atoms with E-state index in [1.54, 1.807) is 0 Å². The number of nitrogens with zero attached hydrogens (tertiary/aromatic N) is 1. The van der Waals surface area contributed by atoms with E-state index < -0.39 is 40.1 Å². The van der Waals surface area contributed by atoms with E-state index in [2.05, 4.69) is 0 Å². The number of piperidine rings is 1. The zero-order chi connectivity index (χ0) is 18.0. The number of imide groups is 2. The Hall–Kier alpha value is -2.44. The van der Waals surface area contributed by atoms with Crippen LogP contribution < -0.4 is 11.1 Å². The maximum Gasteiger partial charge on any atom is 0.264 e. The van der Waals surface area contributed by atoms with E-state index in [0.717, 1.165) is 0 Å². The fourth-order valence-corrected chi connectivity index (χ4v) is 2.82. The van der Waals surface area contributed by atoms with Gasteiger partial charge in [-0.2, -0.15) is 0 Å². The molecule has 1 aromatic carbocycles. The van der Waals surface area contributed by atoms with Gasteiger partial charge in [-0.25, -0.2) is 0 Å². The van der Waals surface area contributed by atoms with Gasteiger partial charge in [0.05, 0.1) is 42.5 Å². The Labute approximate surface area is 142 Å². The van der Waals surface area contributed by atoms with Crippen LogP contribution in [-0.4, -0.2) is 66.0 Å². The highest BCUT2D eigenvalue weighted by atomic mass is 16.2. The van der Waals surface area contributed by atoms with Crippen LogP contribution >= 0.6 is 0 Å². The Morgan fingerprint density at radius 2 is 1.67 bits per heavy atom. The number of hydrogen-bond donors (Lipinski definition) is 2. The van der Waals surface area contributed by atoms with Crippen molar-refractivity contribution in [1.82, 2.24) is 10.2 Å². The third-order valence-corrected chi connectivity index (χ3v) is 4.27. The lowest BCUT2D eigenvalue weighted by Crippen LogP contribution is -2.67. The molecule has 0 aliphatic carbocycles. The van der Waals surface area contributed by atoms with Crippen LogP contribution in [0.15, 0.2) is 18.2 Å². The van der Waals surface area contributed by atoms with Gasteiger partial charge in [-0.15, -0.1) is 0 Å². The summed E-state index contributed by atoms with van der Waals surface area (Å²) in [6, 6.07) is 2.47. The van der Waals surface area contributed by atoms with E-state index in [0.29, 0.717) is 4.90 Å². The molecular formula is C13H7B4N3O4. The Kier molecular flexibility index (Phi) is 3.27. The smallest absolute Gasteiger partial charge is 0.264 e. The summed E-state index contributed by atoms with van der Waals surface area (Å²) in [4.78, 5) is 49.8. The highest BCUT2D eigenvalue weighted by molar-refractivity contribution is 6.63. The molecule has 8 radical (unpaired) electrons. The Bertz CT molecular complexity index is 823. The lowest BCUT2D eigenvalue weighted by Gasteiger charge is -2.52. The molecule has 0 aromatic heterocycles. The fraction of sp³-hybridized carbons (Fsp3) is 0.231. The van der Waals surface area contributed by atoms with Crippen molar-refractivity contribution in [3.05, 3.63) is 29.3 Å². The molecule has 7 nitrogen and oxygen atoms in total. The van der Waals surface area contributed by atoms with E-state index in [1.165, 1.54) is 18.2 Å². The number of fused-ring (bicyclic) bond motifs is 1. The minimum atomic E-state index is -2.40. The number of nitrogens with one attached hydrogen (secondary N) is 1. The monoisotopic (exact) mass is 313 g/mol. The number of nitrogens with two attached hydrogens (primary N) is 1. The highest BCUT2D eigenvalue weighted by Gasteiger charge is 2.58. The molecule has 1 atom stereocenters. The molecule has 24 heavy (non-hydrogen) atoms. The number of carbonyl (C=O) groups excluding carboxylic acids is 4. The average molecular weight is 312 g/mol. The van der Waals surface area contributed by atoms with Gasteiger partial charge in [-0.3, -0.25) is 29.4 Å². The maximum atomic E-state index is 12.6. The van der Waals surface area contributed by atoms with Crippen molar-refractivity contribution >= 4 is 60.7 Å². The summed E-state index contributed by atoms with van der Waals surface area (Å²) in [6.45, 7) is 0. The Morgan fingerprint density at radius 1 is 1.04 bits per heavy atom. The molecule has 2 heterocycles. The predicted octanol–water partition coefficient (Wildman–Crippen LogP) is -2.20. The van der Waals surface area contributed by atoms with Gasteiger partial charge in [-0.1, -0.05) is 11.3 Å². The van der Waals surface area contributed by atoms with E-state index in [9.17, 15) is 19.2 Å². The van der Waals surface area contributed by atoms with Gasteiger partial charge in [0, 0.05) is 5.69 Å². The predicted molar refractivity (Wildman–Crippen MR) is 86.7 cm³/mol. The maximum absolute atomic E-state index is 12.6. The molecule has 2 aliphatic rings. The van der Waals surface area contributed by atoms with Crippen molar-refractivity contribution in [2.75, 3.05) is 5.73 Å². The lowest BCUT2D eigenvalue weighted by atomic mass is 9.26. The van der Waals surface area contributed by atoms with Crippen molar-refractivity contribution in [3.63, 3.8) is 0 Å². The molecule has 1 saturated heterocycles. The topological polar surface area (TPSA) is 110 Å². The minimum Gasteiger partial charge on any atom is -0.398 e. The lowest BCUT2D eigenvalue weighted by molar-refractivity contribution is -0.137. The first-order valence-corrected chi connectivity index (χ1v) is 6.79. The summed E-state index contributed by atoms with van der Waals surface area (Å²) in [5.74, 6) is -3.90. The summed E-state index contributed by atoms with van der Waals surface area (Å²) in [5, 5.41) is -2.92. The molecule has 1 fully saturated rings. The van der Waals surface area contributed by atoms with E-state index in [1.807, 2.05) is 5.32 Å². The third-order valence-electron chi connectivity index (χ3n) is 4.27. The molecule has 1 aromatic rings. The van der Waals surface area contributed by atoms with Gasteiger partial charge in [-0.05, 0) is 17.3 Å². The molecule has 0 spiro atoms. The van der Waals surface area contributed by atoms with E-state index in [4.69, 9.17) is 37.1 Å². The minimum absolute atomic E-state index is 0.0138. The van der Waals surface area contributed by atoms with Crippen molar-refractivity contribution in [2.24, 2.45) is 0 Å². The fourth-order valence-electron chi connectivity index (χ4n) is 2.82. The first-order valence-electron chi connectivity index (χ1n) is 6.79. The molecule has 11 heteroatoms. The van der Waals surface area contributed by atoms with Crippen LogP contribution in [0.5, 0.6) is 0 Å². The number of amides is 4. The molecular weight excluding hydrogens is 305 g/mol. The molecule has 110 valence electrons. The van der Waals surface area contributed by atoms with Crippen LogP contribution in [0.3, 0.4) is 0 Å². The number of hydrogen-bond acceptors (Lipinski definition) is 5. The number of nitrogen functional groups attached to an aromatic ring is 1.